The van der Waals surface area contributed by atoms with E-state index in [2.05, 4.69) is 4.98 Å². The molecule has 3 heterocycles. The van der Waals surface area contributed by atoms with Crippen LogP contribution in [-0.2, 0) is 6.61 Å². The van der Waals surface area contributed by atoms with Gasteiger partial charge in [-0.05, 0) is 54.2 Å². The Labute approximate surface area is 168 Å². The summed E-state index contributed by atoms with van der Waals surface area (Å²) in [7, 11) is 0. The van der Waals surface area contributed by atoms with Gasteiger partial charge in [0, 0.05) is 11.6 Å². The third-order valence-corrected chi connectivity index (χ3v) is 5.72. The lowest BCUT2D eigenvalue weighted by Gasteiger charge is -2.25. The van der Waals surface area contributed by atoms with Gasteiger partial charge in [0.2, 0.25) is 0 Å². The van der Waals surface area contributed by atoms with Gasteiger partial charge in [0.05, 0.1) is 11.1 Å². The van der Waals surface area contributed by atoms with Gasteiger partial charge in [-0.1, -0.05) is 36.0 Å². The monoisotopic (exact) mass is 403 g/mol. The number of benzene rings is 1. The van der Waals surface area contributed by atoms with E-state index in [4.69, 9.17) is 28.6 Å². The molecule has 0 spiro atoms. The number of aryl methyl sites for hydroxylation is 1. The van der Waals surface area contributed by atoms with Gasteiger partial charge in [-0.15, -0.1) is 0 Å². The van der Waals surface area contributed by atoms with Crippen molar-refractivity contribution in [3.05, 3.63) is 63.3 Å². The molecule has 1 unspecified atom stereocenters. The summed E-state index contributed by atoms with van der Waals surface area (Å²) < 4.78 is 5.80. The molecule has 1 aromatic heterocycles. The Balaban J connectivity index is 1.45. The van der Waals surface area contributed by atoms with E-state index in [0.717, 1.165) is 40.4 Å². The second-order valence-electron chi connectivity index (χ2n) is 6.76. The number of hydrogen-bond acceptors (Lipinski definition) is 4. The highest BCUT2D eigenvalue weighted by Crippen LogP contribution is 2.32. The van der Waals surface area contributed by atoms with Crippen molar-refractivity contribution in [3.63, 3.8) is 0 Å². The Morgan fingerprint density at radius 2 is 2.11 bits per heavy atom. The number of aromatic nitrogens is 1. The van der Waals surface area contributed by atoms with Crippen molar-refractivity contribution in [3.8, 4) is 5.75 Å². The van der Waals surface area contributed by atoms with Gasteiger partial charge < -0.3 is 4.74 Å². The number of rotatable bonds is 4. The van der Waals surface area contributed by atoms with Gasteiger partial charge in [0.25, 0.3) is 0 Å². The number of halogens is 1. The standard InChI is InChI=1S/C19H20ClN4O2S/c1-13-10-14(4-6-16(13)20)12-26-15-5-7-17(21-11-15)18-19(27)22-8-2-3-9-23(22)24(18)25/h4-7,10-11,18H,2-3,8-9,12H2,1H3/q+1. The molecule has 0 radical (unpaired) electrons. The number of hydrazine groups is 2. The summed E-state index contributed by atoms with van der Waals surface area (Å²) in [5.74, 6) is 0.644. The molecule has 2 aliphatic rings. The van der Waals surface area contributed by atoms with Crippen molar-refractivity contribution in [1.82, 2.24) is 15.1 Å². The molecular formula is C19H20ClN4O2S+. The maximum absolute atomic E-state index is 12.6. The average Bonchev–Trinajstić information content (AvgIpc) is 2.94. The van der Waals surface area contributed by atoms with Crippen LogP contribution in [0.2, 0.25) is 5.02 Å². The van der Waals surface area contributed by atoms with E-state index >= 15 is 0 Å². The summed E-state index contributed by atoms with van der Waals surface area (Å²) in [4.78, 5) is 18.6. The first-order chi connectivity index (χ1) is 13.0. The topological polar surface area (TPSA) is 48.7 Å². The summed E-state index contributed by atoms with van der Waals surface area (Å²) in [6, 6.07) is 8.89. The lowest BCUT2D eigenvalue weighted by atomic mass is 10.1. The molecule has 1 aromatic carbocycles. The normalized spacial score (nSPS) is 19.4. The molecule has 2 aromatic rings. The van der Waals surface area contributed by atoms with E-state index in [1.807, 2.05) is 42.3 Å². The molecule has 6 nitrogen and oxygen atoms in total. The molecule has 4 rings (SSSR count). The number of fused-ring (bicyclic) bond motifs is 1. The molecule has 140 valence electrons. The molecule has 0 saturated carbocycles. The summed E-state index contributed by atoms with van der Waals surface area (Å²) in [6.45, 7) is 3.87. The minimum atomic E-state index is -0.550. The average molecular weight is 404 g/mol. The molecule has 2 aliphatic heterocycles. The Kier molecular flexibility index (Phi) is 4.97. The SMILES string of the molecule is Cc1cc(COc2ccc(C3C(=S)N4CCCCN4[N+]3=O)nc2)ccc1Cl. The maximum atomic E-state index is 12.6. The quantitative estimate of drug-likeness (QED) is 0.567. The van der Waals surface area contributed by atoms with Gasteiger partial charge in [-0.3, -0.25) is 0 Å². The highest BCUT2D eigenvalue weighted by molar-refractivity contribution is 7.80. The lowest BCUT2D eigenvalue weighted by molar-refractivity contribution is -0.740. The van der Waals surface area contributed by atoms with E-state index in [9.17, 15) is 4.91 Å². The molecule has 0 amide bonds. The van der Waals surface area contributed by atoms with Crippen LogP contribution in [0.4, 0.5) is 0 Å². The second kappa shape index (κ2) is 7.40. The minimum absolute atomic E-state index is 0.427. The first-order valence-electron chi connectivity index (χ1n) is 8.93. The second-order valence-corrected chi connectivity index (χ2v) is 7.59. The molecule has 8 heteroatoms. The molecule has 2 fully saturated rings. The van der Waals surface area contributed by atoms with Crippen LogP contribution in [-0.4, -0.2) is 38.1 Å². The highest BCUT2D eigenvalue weighted by Gasteiger charge is 2.52. The Bertz CT molecular complexity index is 866. The third-order valence-electron chi connectivity index (χ3n) is 4.86. The van der Waals surface area contributed by atoms with E-state index in [1.165, 1.54) is 0 Å². The molecular weight excluding hydrogens is 384 g/mol. The zero-order valence-corrected chi connectivity index (χ0v) is 16.5. The van der Waals surface area contributed by atoms with Crippen LogP contribution in [0.15, 0.2) is 36.5 Å². The third kappa shape index (κ3) is 3.49. The number of thiocarbonyl (C=S) groups is 1. The van der Waals surface area contributed by atoms with Crippen LogP contribution in [0.5, 0.6) is 5.75 Å². The first-order valence-corrected chi connectivity index (χ1v) is 9.72. The van der Waals surface area contributed by atoms with E-state index in [1.54, 1.807) is 11.3 Å². The zero-order valence-electron chi connectivity index (χ0n) is 15.0. The smallest absolute Gasteiger partial charge is 0.329 e. The van der Waals surface area contributed by atoms with Crippen molar-refractivity contribution in [1.29, 1.82) is 0 Å². The molecule has 0 N–H and O–H groups in total. The van der Waals surface area contributed by atoms with Crippen molar-refractivity contribution in [2.75, 3.05) is 13.1 Å². The number of hydrogen-bond donors (Lipinski definition) is 0. The number of ether oxygens (including phenoxy) is 1. The van der Waals surface area contributed by atoms with E-state index in [0.29, 0.717) is 29.6 Å². The van der Waals surface area contributed by atoms with Crippen LogP contribution in [0.3, 0.4) is 0 Å². The fourth-order valence-electron chi connectivity index (χ4n) is 3.39. The van der Waals surface area contributed by atoms with Gasteiger partial charge >= 0.3 is 6.04 Å². The predicted octanol–water partition coefficient (Wildman–Crippen LogP) is 4.01. The summed E-state index contributed by atoms with van der Waals surface area (Å²) >= 11 is 11.6. The number of pyridine rings is 1. The van der Waals surface area contributed by atoms with Crippen molar-refractivity contribution in [2.24, 2.45) is 0 Å². The zero-order chi connectivity index (χ0) is 19.0. The molecule has 27 heavy (non-hydrogen) atoms. The van der Waals surface area contributed by atoms with Gasteiger partial charge in [0.15, 0.2) is 9.86 Å². The number of nitrogens with zero attached hydrogens (tertiary/aromatic N) is 4. The maximum Gasteiger partial charge on any atom is 0.329 e. The van der Waals surface area contributed by atoms with Crippen LogP contribution in [0.25, 0.3) is 0 Å². The van der Waals surface area contributed by atoms with Crippen LogP contribution >= 0.6 is 23.8 Å². The fourth-order valence-corrected chi connectivity index (χ4v) is 3.90. The Morgan fingerprint density at radius 3 is 2.81 bits per heavy atom. The Hall–Kier alpha value is -2.25. The minimum Gasteiger partial charge on any atom is -0.487 e. The molecule has 0 bridgehead atoms. The lowest BCUT2D eigenvalue weighted by Crippen LogP contribution is -2.45. The number of nitroso groups, excluding NO2 is 1. The molecule has 1 atom stereocenters. The largest absolute Gasteiger partial charge is 0.487 e. The van der Waals surface area contributed by atoms with Crippen LogP contribution in [0.1, 0.15) is 35.7 Å². The molecule has 2 saturated heterocycles. The van der Waals surface area contributed by atoms with Crippen molar-refractivity contribution < 1.29 is 9.61 Å². The first kappa shape index (κ1) is 18.1. The predicted molar refractivity (Wildman–Crippen MR) is 106 cm³/mol. The van der Waals surface area contributed by atoms with Gasteiger partial charge in [-0.25, -0.2) is 9.99 Å². The molecule has 0 aliphatic carbocycles. The van der Waals surface area contributed by atoms with E-state index in [-0.39, 0.29) is 0 Å². The van der Waals surface area contributed by atoms with Crippen molar-refractivity contribution in [2.45, 2.75) is 32.4 Å². The van der Waals surface area contributed by atoms with Gasteiger partial charge in [-0.2, -0.15) is 0 Å². The van der Waals surface area contributed by atoms with E-state index < -0.39 is 6.04 Å². The van der Waals surface area contributed by atoms with Crippen molar-refractivity contribution >= 4 is 28.8 Å². The summed E-state index contributed by atoms with van der Waals surface area (Å²) in [5.41, 5.74) is 2.69. The summed E-state index contributed by atoms with van der Waals surface area (Å²) in [6.07, 6.45) is 3.68. The highest BCUT2D eigenvalue weighted by atomic mass is 35.5. The van der Waals surface area contributed by atoms with Crippen LogP contribution in [0, 0.1) is 11.8 Å². The Morgan fingerprint density at radius 1 is 1.30 bits per heavy atom. The summed E-state index contributed by atoms with van der Waals surface area (Å²) in [5, 5.41) is 4.32. The van der Waals surface area contributed by atoms with Gasteiger partial charge in [0.1, 0.15) is 24.6 Å². The fraction of sp³-hybridized carbons (Fsp3) is 0.368. The van der Waals surface area contributed by atoms with Crippen LogP contribution < -0.4 is 4.74 Å².